The molecule has 0 heterocycles. The summed E-state index contributed by atoms with van der Waals surface area (Å²) < 4.78 is 5.71. The number of amides is 1. The summed E-state index contributed by atoms with van der Waals surface area (Å²) in [6.07, 6.45) is 0.902. The topological polar surface area (TPSA) is 38.3 Å². The number of nitrogens with one attached hydrogen (secondary N) is 1. The Kier molecular flexibility index (Phi) is 6.42. The van der Waals surface area contributed by atoms with Crippen LogP contribution in [-0.4, -0.2) is 12.5 Å². The van der Waals surface area contributed by atoms with Gasteiger partial charge in [-0.05, 0) is 48.9 Å². The minimum atomic E-state index is -0.0922. The van der Waals surface area contributed by atoms with E-state index in [1.54, 1.807) is 0 Å². The molecule has 0 saturated carbocycles. The second-order valence-electron chi connectivity index (χ2n) is 6.65. The van der Waals surface area contributed by atoms with Gasteiger partial charge in [0.05, 0.1) is 6.04 Å². The Morgan fingerprint density at radius 2 is 1.75 bits per heavy atom. The van der Waals surface area contributed by atoms with Crippen LogP contribution in [-0.2, 0) is 4.79 Å². The monoisotopic (exact) mass is 325 g/mol. The van der Waals surface area contributed by atoms with Crippen LogP contribution in [0.1, 0.15) is 43.0 Å². The molecule has 1 N–H and O–H groups in total. The van der Waals surface area contributed by atoms with Crippen molar-refractivity contribution in [3.8, 4) is 5.75 Å². The lowest BCUT2D eigenvalue weighted by Gasteiger charge is -2.21. The van der Waals surface area contributed by atoms with Crippen molar-refractivity contribution in [3.63, 3.8) is 0 Å². The first-order valence-corrected chi connectivity index (χ1v) is 8.50. The Morgan fingerprint density at radius 1 is 1.04 bits per heavy atom. The molecular formula is C21H27NO2. The van der Waals surface area contributed by atoms with Crippen LogP contribution in [0.25, 0.3) is 0 Å². The Morgan fingerprint density at radius 3 is 2.42 bits per heavy atom. The number of hydrogen-bond donors (Lipinski definition) is 1. The zero-order valence-electron chi connectivity index (χ0n) is 15.0. The van der Waals surface area contributed by atoms with Crippen molar-refractivity contribution in [1.82, 2.24) is 5.32 Å². The fourth-order valence-electron chi connectivity index (χ4n) is 2.69. The van der Waals surface area contributed by atoms with E-state index in [1.807, 2.05) is 50.2 Å². The van der Waals surface area contributed by atoms with Crippen LogP contribution in [0.3, 0.4) is 0 Å². The molecule has 0 spiro atoms. The van der Waals surface area contributed by atoms with Gasteiger partial charge in [0.1, 0.15) is 5.75 Å². The summed E-state index contributed by atoms with van der Waals surface area (Å²) in [5.41, 5.74) is 3.37. The normalized spacial score (nSPS) is 12.0. The molecule has 0 radical (unpaired) electrons. The molecule has 0 aliphatic rings. The maximum atomic E-state index is 12.3. The average molecular weight is 325 g/mol. The van der Waals surface area contributed by atoms with Crippen LogP contribution in [0.2, 0.25) is 0 Å². The summed E-state index contributed by atoms with van der Waals surface area (Å²) >= 11 is 0. The van der Waals surface area contributed by atoms with Gasteiger partial charge in [-0.3, -0.25) is 4.79 Å². The molecule has 1 amide bonds. The molecule has 3 heteroatoms. The molecule has 2 aromatic rings. The molecule has 1 unspecified atom stereocenters. The van der Waals surface area contributed by atoms with Crippen molar-refractivity contribution >= 4 is 5.91 Å². The van der Waals surface area contributed by atoms with E-state index in [0.29, 0.717) is 5.92 Å². The molecular weight excluding hydrogens is 298 g/mol. The Hall–Kier alpha value is -2.29. The van der Waals surface area contributed by atoms with Gasteiger partial charge < -0.3 is 10.1 Å². The maximum Gasteiger partial charge on any atom is 0.258 e. The smallest absolute Gasteiger partial charge is 0.258 e. The predicted octanol–water partition coefficient (Wildman–Crippen LogP) is 4.59. The van der Waals surface area contributed by atoms with Gasteiger partial charge in [0.2, 0.25) is 0 Å². The zero-order valence-corrected chi connectivity index (χ0v) is 15.0. The second-order valence-corrected chi connectivity index (χ2v) is 6.65. The predicted molar refractivity (Wildman–Crippen MR) is 98.2 cm³/mol. The number of carbonyl (C=O) groups excluding carboxylic acids is 1. The van der Waals surface area contributed by atoms with Crippen molar-refractivity contribution in [1.29, 1.82) is 0 Å². The summed E-state index contributed by atoms with van der Waals surface area (Å²) in [5, 5.41) is 3.11. The highest BCUT2D eigenvalue weighted by Gasteiger charge is 2.16. The number of carbonyl (C=O) groups is 1. The zero-order chi connectivity index (χ0) is 17.5. The van der Waals surface area contributed by atoms with Crippen molar-refractivity contribution < 1.29 is 9.53 Å². The second kappa shape index (κ2) is 8.53. The third-order valence-electron chi connectivity index (χ3n) is 4.16. The molecule has 2 rings (SSSR count). The van der Waals surface area contributed by atoms with Gasteiger partial charge in [0, 0.05) is 0 Å². The van der Waals surface area contributed by atoms with E-state index in [4.69, 9.17) is 4.74 Å². The van der Waals surface area contributed by atoms with Gasteiger partial charge in [-0.25, -0.2) is 0 Å². The highest BCUT2D eigenvalue weighted by atomic mass is 16.5. The van der Waals surface area contributed by atoms with Crippen LogP contribution in [0, 0.1) is 19.8 Å². The largest absolute Gasteiger partial charge is 0.483 e. The van der Waals surface area contributed by atoms with Gasteiger partial charge in [-0.15, -0.1) is 0 Å². The van der Waals surface area contributed by atoms with Crippen molar-refractivity contribution in [3.05, 3.63) is 65.2 Å². The van der Waals surface area contributed by atoms with E-state index in [-0.39, 0.29) is 18.6 Å². The highest BCUT2D eigenvalue weighted by molar-refractivity contribution is 5.78. The van der Waals surface area contributed by atoms with Gasteiger partial charge in [0.25, 0.3) is 5.91 Å². The fourth-order valence-corrected chi connectivity index (χ4v) is 2.69. The summed E-state index contributed by atoms with van der Waals surface area (Å²) in [6, 6.07) is 16.0. The minimum Gasteiger partial charge on any atom is -0.483 e. The standard InChI is InChI=1S/C21H27NO2/c1-15(2)13-19(18-10-6-5-7-11-18)22-21(23)14-24-20-12-8-9-16(3)17(20)4/h5-12,15,19H,13-14H2,1-4H3,(H,22,23). The molecule has 0 aromatic heterocycles. The summed E-state index contributed by atoms with van der Waals surface area (Å²) in [4.78, 5) is 12.3. The lowest BCUT2D eigenvalue weighted by molar-refractivity contribution is -0.124. The van der Waals surface area contributed by atoms with Crippen LogP contribution in [0.5, 0.6) is 5.75 Å². The van der Waals surface area contributed by atoms with Gasteiger partial charge in [-0.1, -0.05) is 56.3 Å². The molecule has 0 saturated heterocycles. The molecule has 0 fully saturated rings. The SMILES string of the molecule is Cc1cccc(OCC(=O)NC(CC(C)C)c2ccccc2)c1C. The van der Waals surface area contributed by atoms with Crippen molar-refractivity contribution in [2.75, 3.05) is 6.61 Å². The van der Waals surface area contributed by atoms with E-state index in [0.717, 1.165) is 28.9 Å². The van der Waals surface area contributed by atoms with Gasteiger partial charge in [0.15, 0.2) is 6.61 Å². The van der Waals surface area contributed by atoms with E-state index in [9.17, 15) is 4.79 Å². The lowest BCUT2D eigenvalue weighted by Crippen LogP contribution is -2.33. The first-order chi connectivity index (χ1) is 11.5. The van der Waals surface area contributed by atoms with E-state index in [2.05, 4.69) is 31.3 Å². The molecule has 24 heavy (non-hydrogen) atoms. The van der Waals surface area contributed by atoms with Crippen molar-refractivity contribution in [2.24, 2.45) is 5.92 Å². The number of hydrogen-bond acceptors (Lipinski definition) is 2. The summed E-state index contributed by atoms with van der Waals surface area (Å²) in [6.45, 7) is 8.40. The number of benzene rings is 2. The Labute approximate surface area is 145 Å². The van der Waals surface area contributed by atoms with E-state index >= 15 is 0 Å². The highest BCUT2D eigenvalue weighted by Crippen LogP contribution is 2.22. The number of aryl methyl sites for hydroxylation is 1. The maximum absolute atomic E-state index is 12.3. The molecule has 0 bridgehead atoms. The molecule has 1 atom stereocenters. The van der Waals surface area contributed by atoms with Crippen LogP contribution in [0.15, 0.2) is 48.5 Å². The average Bonchev–Trinajstić information content (AvgIpc) is 2.56. The third-order valence-corrected chi connectivity index (χ3v) is 4.16. The molecule has 128 valence electrons. The fraction of sp³-hybridized carbons (Fsp3) is 0.381. The lowest BCUT2D eigenvalue weighted by atomic mass is 9.97. The van der Waals surface area contributed by atoms with Crippen LogP contribution in [0.4, 0.5) is 0 Å². The number of rotatable bonds is 7. The molecule has 2 aromatic carbocycles. The molecule has 0 aliphatic heterocycles. The van der Waals surface area contributed by atoms with E-state index < -0.39 is 0 Å². The summed E-state index contributed by atoms with van der Waals surface area (Å²) in [5.74, 6) is 1.17. The van der Waals surface area contributed by atoms with E-state index in [1.165, 1.54) is 0 Å². The molecule has 3 nitrogen and oxygen atoms in total. The Balaban J connectivity index is 1.99. The minimum absolute atomic E-state index is 0.0147. The number of ether oxygens (including phenoxy) is 1. The van der Waals surface area contributed by atoms with Crippen LogP contribution >= 0.6 is 0 Å². The van der Waals surface area contributed by atoms with Crippen LogP contribution < -0.4 is 10.1 Å². The first-order valence-electron chi connectivity index (χ1n) is 8.50. The van der Waals surface area contributed by atoms with Gasteiger partial charge >= 0.3 is 0 Å². The van der Waals surface area contributed by atoms with Crippen molar-refractivity contribution in [2.45, 2.75) is 40.2 Å². The third kappa shape index (κ3) is 5.12. The van der Waals surface area contributed by atoms with Gasteiger partial charge in [-0.2, -0.15) is 0 Å². The molecule has 0 aliphatic carbocycles. The first kappa shape index (κ1) is 18.1. The summed E-state index contributed by atoms with van der Waals surface area (Å²) in [7, 11) is 0. The quantitative estimate of drug-likeness (QED) is 0.809. The Bertz CT molecular complexity index is 665.